The second-order valence-electron chi connectivity index (χ2n) is 7.54. The summed E-state index contributed by atoms with van der Waals surface area (Å²) in [4.78, 5) is 28.7. The number of ether oxygens (including phenoxy) is 4. The molecule has 1 saturated heterocycles. The van der Waals surface area contributed by atoms with Crippen LogP contribution in [0.25, 0.3) is 0 Å². The molecule has 1 fully saturated rings. The quantitative estimate of drug-likeness (QED) is 0.553. The van der Waals surface area contributed by atoms with Gasteiger partial charge in [-0.15, -0.1) is 0 Å². The number of hydrogen-bond acceptors (Lipinski definition) is 6. The van der Waals surface area contributed by atoms with Gasteiger partial charge in [0, 0.05) is 37.6 Å². The number of rotatable bonds is 9. The molecule has 3 rings (SSSR count). The van der Waals surface area contributed by atoms with Crippen molar-refractivity contribution in [1.29, 1.82) is 0 Å². The van der Waals surface area contributed by atoms with Crippen molar-refractivity contribution in [1.82, 2.24) is 9.80 Å². The third-order valence-electron chi connectivity index (χ3n) is 5.51. The molecule has 0 unspecified atom stereocenters. The first-order valence-electron chi connectivity index (χ1n) is 10.7. The molecule has 9 heteroatoms. The summed E-state index contributed by atoms with van der Waals surface area (Å²) in [5, 5.41) is 0.611. The van der Waals surface area contributed by atoms with E-state index >= 15 is 0 Å². The standard InChI is InChI=1S/C24H29ClN2O6/c1-30-20-14-17(15-21(31-2)24(20)32-3)4-9-22(28)26-10-12-27(13-11-26)23(29)16-33-19-7-5-18(25)6-8-19/h5-8,14-15H,4,9-13,16H2,1-3H3. The second kappa shape index (κ2) is 11.7. The van der Waals surface area contributed by atoms with Gasteiger partial charge in [0.2, 0.25) is 11.7 Å². The zero-order valence-corrected chi connectivity index (χ0v) is 19.9. The topological polar surface area (TPSA) is 77.5 Å². The molecule has 1 aliphatic heterocycles. The average molecular weight is 477 g/mol. The van der Waals surface area contributed by atoms with Crippen molar-refractivity contribution in [3.63, 3.8) is 0 Å². The molecule has 0 saturated carbocycles. The normalized spacial score (nSPS) is 13.5. The number of hydrogen-bond donors (Lipinski definition) is 0. The van der Waals surface area contributed by atoms with Crippen LogP contribution in [-0.2, 0) is 16.0 Å². The Bertz CT molecular complexity index is 933. The first-order chi connectivity index (χ1) is 15.9. The van der Waals surface area contributed by atoms with E-state index < -0.39 is 0 Å². The Kier molecular flexibility index (Phi) is 8.65. The van der Waals surface area contributed by atoms with Crippen LogP contribution in [0.1, 0.15) is 12.0 Å². The minimum absolute atomic E-state index is 0.0449. The Morgan fingerprint density at radius 1 is 0.848 bits per heavy atom. The van der Waals surface area contributed by atoms with Gasteiger partial charge in [-0.1, -0.05) is 11.6 Å². The van der Waals surface area contributed by atoms with Gasteiger partial charge in [-0.05, 0) is 48.4 Å². The van der Waals surface area contributed by atoms with Crippen molar-refractivity contribution in [3.8, 4) is 23.0 Å². The maximum atomic E-state index is 12.7. The fourth-order valence-corrected chi connectivity index (χ4v) is 3.79. The van der Waals surface area contributed by atoms with Crippen LogP contribution in [0.15, 0.2) is 36.4 Å². The Balaban J connectivity index is 1.46. The summed E-state index contributed by atoms with van der Waals surface area (Å²) in [5.74, 6) is 2.19. The SMILES string of the molecule is COc1cc(CCC(=O)N2CCN(C(=O)COc3ccc(Cl)cc3)CC2)cc(OC)c1OC. The van der Waals surface area contributed by atoms with Crippen molar-refractivity contribution in [2.75, 3.05) is 54.1 Å². The minimum Gasteiger partial charge on any atom is -0.493 e. The van der Waals surface area contributed by atoms with E-state index in [1.807, 2.05) is 12.1 Å². The molecule has 0 aliphatic carbocycles. The highest BCUT2D eigenvalue weighted by molar-refractivity contribution is 6.30. The molecule has 33 heavy (non-hydrogen) atoms. The number of aryl methyl sites for hydroxylation is 1. The molecule has 1 aliphatic rings. The van der Waals surface area contributed by atoms with E-state index in [0.29, 0.717) is 67.0 Å². The van der Waals surface area contributed by atoms with Crippen molar-refractivity contribution in [2.24, 2.45) is 0 Å². The van der Waals surface area contributed by atoms with Crippen molar-refractivity contribution in [3.05, 3.63) is 47.0 Å². The second-order valence-corrected chi connectivity index (χ2v) is 7.97. The molecule has 0 radical (unpaired) electrons. The van der Waals surface area contributed by atoms with Crippen LogP contribution in [-0.4, -0.2) is 75.7 Å². The maximum Gasteiger partial charge on any atom is 0.260 e. The summed E-state index contributed by atoms with van der Waals surface area (Å²) in [6.07, 6.45) is 0.899. The molecule has 0 aromatic heterocycles. The molecular weight excluding hydrogens is 448 g/mol. The lowest BCUT2D eigenvalue weighted by molar-refractivity contribution is -0.140. The number of halogens is 1. The summed E-state index contributed by atoms with van der Waals surface area (Å²) < 4.78 is 21.6. The van der Waals surface area contributed by atoms with Gasteiger partial charge in [0.05, 0.1) is 21.3 Å². The van der Waals surface area contributed by atoms with E-state index in [1.54, 1.807) is 55.4 Å². The average Bonchev–Trinajstić information content (AvgIpc) is 2.86. The van der Waals surface area contributed by atoms with Gasteiger partial charge in [-0.2, -0.15) is 0 Å². The third-order valence-corrected chi connectivity index (χ3v) is 5.77. The molecule has 0 bridgehead atoms. The van der Waals surface area contributed by atoms with Crippen LogP contribution in [0.3, 0.4) is 0 Å². The van der Waals surface area contributed by atoms with Gasteiger partial charge in [0.15, 0.2) is 18.1 Å². The molecule has 2 amide bonds. The van der Waals surface area contributed by atoms with E-state index in [4.69, 9.17) is 30.5 Å². The first-order valence-corrected chi connectivity index (χ1v) is 11.1. The number of piperazine rings is 1. The maximum absolute atomic E-state index is 12.7. The summed E-state index contributed by atoms with van der Waals surface area (Å²) in [6, 6.07) is 10.6. The van der Waals surface area contributed by atoms with Gasteiger partial charge in [-0.25, -0.2) is 0 Å². The number of amides is 2. The van der Waals surface area contributed by atoms with Crippen LogP contribution < -0.4 is 18.9 Å². The highest BCUT2D eigenvalue weighted by atomic mass is 35.5. The Hall–Kier alpha value is -3.13. The molecule has 8 nitrogen and oxygen atoms in total. The van der Waals surface area contributed by atoms with Crippen LogP contribution in [0, 0.1) is 0 Å². The van der Waals surface area contributed by atoms with Crippen molar-refractivity contribution >= 4 is 23.4 Å². The minimum atomic E-state index is -0.102. The number of benzene rings is 2. The van der Waals surface area contributed by atoms with Gasteiger partial charge in [0.1, 0.15) is 5.75 Å². The van der Waals surface area contributed by atoms with Gasteiger partial charge < -0.3 is 28.7 Å². The molecule has 2 aromatic rings. The van der Waals surface area contributed by atoms with Crippen molar-refractivity contribution < 1.29 is 28.5 Å². The number of methoxy groups -OCH3 is 3. The summed E-state index contributed by atoms with van der Waals surface area (Å²) in [7, 11) is 4.68. The zero-order valence-electron chi connectivity index (χ0n) is 19.1. The molecule has 0 N–H and O–H groups in total. The van der Waals surface area contributed by atoms with Crippen LogP contribution in [0.2, 0.25) is 5.02 Å². The van der Waals surface area contributed by atoms with E-state index in [1.165, 1.54) is 0 Å². The highest BCUT2D eigenvalue weighted by Crippen LogP contribution is 2.38. The highest BCUT2D eigenvalue weighted by Gasteiger charge is 2.24. The lowest BCUT2D eigenvalue weighted by atomic mass is 10.1. The Morgan fingerprint density at radius 3 is 1.91 bits per heavy atom. The van der Waals surface area contributed by atoms with E-state index in [0.717, 1.165) is 5.56 Å². The smallest absolute Gasteiger partial charge is 0.260 e. The lowest BCUT2D eigenvalue weighted by Gasteiger charge is -2.34. The predicted octanol–water partition coefficient (Wildman–Crippen LogP) is 3.05. The van der Waals surface area contributed by atoms with E-state index in [2.05, 4.69) is 0 Å². The van der Waals surface area contributed by atoms with Crippen LogP contribution in [0.4, 0.5) is 0 Å². The molecule has 2 aromatic carbocycles. The fraction of sp³-hybridized carbons (Fsp3) is 0.417. The third kappa shape index (κ3) is 6.44. The monoisotopic (exact) mass is 476 g/mol. The predicted molar refractivity (Wildman–Crippen MR) is 125 cm³/mol. The van der Waals surface area contributed by atoms with Crippen LogP contribution in [0.5, 0.6) is 23.0 Å². The molecule has 0 atom stereocenters. The number of carbonyl (C=O) groups excluding carboxylic acids is 2. The van der Waals surface area contributed by atoms with Gasteiger partial charge >= 0.3 is 0 Å². The van der Waals surface area contributed by atoms with E-state index in [9.17, 15) is 9.59 Å². The first kappa shape index (κ1) is 24.5. The zero-order chi connectivity index (χ0) is 23.8. The Labute approximate surface area is 198 Å². The molecule has 1 heterocycles. The fourth-order valence-electron chi connectivity index (χ4n) is 3.66. The number of carbonyl (C=O) groups is 2. The molecule has 178 valence electrons. The largest absolute Gasteiger partial charge is 0.493 e. The lowest BCUT2D eigenvalue weighted by Crippen LogP contribution is -2.51. The summed E-state index contributed by atoms with van der Waals surface area (Å²) in [6.45, 7) is 1.93. The van der Waals surface area contributed by atoms with E-state index in [-0.39, 0.29) is 18.4 Å². The summed E-state index contributed by atoms with van der Waals surface area (Å²) >= 11 is 5.85. The van der Waals surface area contributed by atoms with Gasteiger partial charge in [0.25, 0.3) is 5.91 Å². The molecular formula is C24H29ClN2O6. The molecule has 0 spiro atoms. The van der Waals surface area contributed by atoms with Gasteiger partial charge in [-0.3, -0.25) is 9.59 Å². The van der Waals surface area contributed by atoms with Crippen molar-refractivity contribution in [2.45, 2.75) is 12.8 Å². The summed E-state index contributed by atoms with van der Waals surface area (Å²) in [5.41, 5.74) is 0.922. The van der Waals surface area contributed by atoms with Crippen LogP contribution >= 0.6 is 11.6 Å². The number of nitrogens with zero attached hydrogens (tertiary/aromatic N) is 2. The Morgan fingerprint density at radius 2 is 1.39 bits per heavy atom.